The van der Waals surface area contributed by atoms with Gasteiger partial charge in [-0.2, -0.15) is 0 Å². The zero-order chi connectivity index (χ0) is 19.2. The summed E-state index contributed by atoms with van der Waals surface area (Å²) in [6, 6.07) is 14.0. The van der Waals surface area contributed by atoms with Crippen LogP contribution in [0.15, 0.2) is 42.5 Å². The molecule has 0 bridgehead atoms. The quantitative estimate of drug-likeness (QED) is 0.801. The number of aryl methyl sites for hydroxylation is 1. The van der Waals surface area contributed by atoms with Gasteiger partial charge in [0.25, 0.3) is 0 Å². The van der Waals surface area contributed by atoms with Crippen LogP contribution in [0.4, 0.5) is 5.69 Å². The van der Waals surface area contributed by atoms with Crippen LogP contribution in [0.3, 0.4) is 0 Å². The number of benzene rings is 2. The van der Waals surface area contributed by atoms with Crippen LogP contribution in [0.25, 0.3) is 0 Å². The summed E-state index contributed by atoms with van der Waals surface area (Å²) in [6.07, 6.45) is 3.01. The number of methoxy groups -OCH3 is 2. The fourth-order valence-corrected chi connectivity index (χ4v) is 3.72. The molecule has 0 radical (unpaired) electrons. The maximum absolute atomic E-state index is 12.6. The van der Waals surface area contributed by atoms with E-state index in [4.69, 9.17) is 9.47 Å². The van der Waals surface area contributed by atoms with Crippen molar-refractivity contribution >= 4 is 11.6 Å². The number of amides is 1. The number of nitrogens with zero attached hydrogens (tertiary/aromatic N) is 1. The number of carbonyl (C=O) groups is 1. The summed E-state index contributed by atoms with van der Waals surface area (Å²) in [5.41, 5.74) is 3.15. The van der Waals surface area contributed by atoms with Crippen LogP contribution in [0, 0.1) is 0 Å². The maximum atomic E-state index is 12.6. The van der Waals surface area contributed by atoms with Gasteiger partial charge >= 0.3 is 0 Å². The van der Waals surface area contributed by atoms with E-state index in [1.807, 2.05) is 36.4 Å². The van der Waals surface area contributed by atoms with E-state index in [1.54, 1.807) is 14.2 Å². The first-order valence-corrected chi connectivity index (χ1v) is 9.49. The number of carbonyl (C=O) groups excluding carboxylic acids is 1. The van der Waals surface area contributed by atoms with Gasteiger partial charge in [-0.05, 0) is 61.7 Å². The zero-order valence-electron chi connectivity index (χ0n) is 16.3. The summed E-state index contributed by atoms with van der Waals surface area (Å²) in [6.45, 7) is 3.37. The van der Waals surface area contributed by atoms with Crippen LogP contribution < -0.4 is 14.8 Å². The summed E-state index contributed by atoms with van der Waals surface area (Å²) < 4.78 is 10.9. The van der Waals surface area contributed by atoms with E-state index in [9.17, 15) is 4.79 Å². The highest BCUT2D eigenvalue weighted by Gasteiger charge is 2.30. The molecule has 1 aliphatic heterocycles. The number of nitrogens with one attached hydrogen (secondary N) is 1. The van der Waals surface area contributed by atoms with Gasteiger partial charge in [-0.25, -0.2) is 0 Å². The molecule has 0 saturated carbocycles. The molecule has 1 atom stereocenters. The number of ether oxygens (including phenoxy) is 2. The first-order valence-electron chi connectivity index (χ1n) is 9.49. The Bertz CT molecular complexity index is 791. The maximum Gasteiger partial charge on any atom is 0.238 e. The number of likely N-dealkylation sites (tertiary alicyclic amines) is 1. The topological polar surface area (TPSA) is 50.8 Å². The van der Waals surface area contributed by atoms with Gasteiger partial charge in [0.05, 0.1) is 20.8 Å². The van der Waals surface area contributed by atoms with E-state index in [0.717, 1.165) is 48.6 Å². The molecule has 1 heterocycles. The first kappa shape index (κ1) is 19.2. The molecule has 27 heavy (non-hydrogen) atoms. The van der Waals surface area contributed by atoms with Crippen LogP contribution in [0.2, 0.25) is 0 Å². The molecule has 0 spiro atoms. The summed E-state index contributed by atoms with van der Waals surface area (Å²) >= 11 is 0. The van der Waals surface area contributed by atoms with E-state index in [-0.39, 0.29) is 11.9 Å². The molecule has 5 nitrogen and oxygen atoms in total. The van der Waals surface area contributed by atoms with E-state index < -0.39 is 0 Å². The third kappa shape index (κ3) is 4.61. The Morgan fingerprint density at radius 3 is 2.78 bits per heavy atom. The van der Waals surface area contributed by atoms with Gasteiger partial charge < -0.3 is 14.8 Å². The summed E-state index contributed by atoms with van der Waals surface area (Å²) in [4.78, 5) is 14.8. The van der Waals surface area contributed by atoms with E-state index in [2.05, 4.69) is 23.2 Å². The Morgan fingerprint density at radius 1 is 1.19 bits per heavy atom. The molecular weight excluding hydrogens is 340 g/mol. The highest BCUT2D eigenvalue weighted by molar-refractivity contribution is 5.92. The first-order chi connectivity index (χ1) is 13.1. The van der Waals surface area contributed by atoms with Gasteiger partial charge in [0, 0.05) is 17.3 Å². The molecule has 0 aromatic heterocycles. The third-order valence-electron chi connectivity index (χ3n) is 5.13. The van der Waals surface area contributed by atoms with Crippen molar-refractivity contribution in [2.75, 3.05) is 32.6 Å². The largest absolute Gasteiger partial charge is 0.497 e. The van der Waals surface area contributed by atoms with Crippen molar-refractivity contribution in [3.63, 3.8) is 0 Å². The van der Waals surface area contributed by atoms with Crippen molar-refractivity contribution in [3.8, 4) is 11.5 Å². The molecule has 1 unspecified atom stereocenters. The third-order valence-corrected chi connectivity index (χ3v) is 5.13. The number of anilines is 1. The summed E-state index contributed by atoms with van der Waals surface area (Å²) in [5.74, 6) is 1.65. The lowest BCUT2D eigenvalue weighted by molar-refractivity contribution is -0.117. The predicted octanol–water partition coefficient (Wildman–Crippen LogP) is 4.04. The smallest absolute Gasteiger partial charge is 0.238 e. The predicted molar refractivity (Wildman–Crippen MR) is 108 cm³/mol. The monoisotopic (exact) mass is 368 g/mol. The fraction of sp³-hybridized carbons (Fsp3) is 0.409. The van der Waals surface area contributed by atoms with Crippen molar-refractivity contribution < 1.29 is 14.3 Å². The van der Waals surface area contributed by atoms with Gasteiger partial charge in [-0.15, -0.1) is 0 Å². The molecule has 2 aromatic rings. The number of hydrogen-bond donors (Lipinski definition) is 1. The van der Waals surface area contributed by atoms with E-state index in [1.165, 1.54) is 5.56 Å². The van der Waals surface area contributed by atoms with Crippen LogP contribution in [-0.4, -0.2) is 38.1 Å². The fourth-order valence-electron chi connectivity index (χ4n) is 3.72. The highest BCUT2D eigenvalue weighted by Crippen LogP contribution is 2.38. The van der Waals surface area contributed by atoms with Crippen LogP contribution in [-0.2, 0) is 11.2 Å². The summed E-state index contributed by atoms with van der Waals surface area (Å²) in [5, 5.41) is 3.03. The minimum Gasteiger partial charge on any atom is -0.497 e. The van der Waals surface area contributed by atoms with E-state index >= 15 is 0 Å². The molecule has 0 aliphatic carbocycles. The van der Waals surface area contributed by atoms with Crippen LogP contribution in [0.1, 0.15) is 36.9 Å². The molecular formula is C22H28N2O3. The van der Waals surface area contributed by atoms with Gasteiger partial charge in [0.15, 0.2) is 0 Å². The Hall–Kier alpha value is -2.53. The molecule has 1 fully saturated rings. The molecule has 1 saturated heterocycles. The summed E-state index contributed by atoms with van der Waals surface area (Å²) in [7, 11) is 3.34. The van der Waals surface area contributed by atoms with Crippen LogP contribution in [0.5, 0.6) is 11.5 Å². The van der Waals surface area contributed by atoms with E-state index in [0.29, 0.717) is 6.54 Å². The van der Waals surface area contributed by atoms with Gasteiger partial charge in [-0.3, -0.25) is 9.69 Å². The Morgan fingerprint density at radius 2 is 2.04 bits per heavy atom. The normalized spacial score (nSPS) is 16.9. The minimum atomic E-state index is 0.0111. The van der Waals surface area contributed by atoms with Gasteiger partial charge in [0.2, 0.25) is 5.91 Å². The van der Waals surface area contributed by atoms with Gasteiger partial charge in [-0.1, -0.05) is 19.1 Å². The Balaban J connectivity index is 1.72. The van der Waals surface area contributed by atoms with Crippen molar-refractivity contribution in [2.45, 2.75) is 32.2 Å². The molecule has 1 N–H and O–H groups in total. The number of hydrogen-bond acceptors (Lipinski definition) is 4. The molecule has 2 aromatic carbocycles. The lowest BCUT2D eigenvalue weighted by Gasteiger charge is -2.26. The Kier molecular flexibility index (Phi) is 6.35. The van der Waals surface area contributed by atoms with Crippen molar-refractivity contribution in [3.05, 3.63) is 53.6 Å². The molecule has 1 aliphatic rings. The van der Waals surface area contributed by atoms with Crippen molar-refractivity contribution in [1.82, 2.24) is 4.90 Å². The molecule has 144 valence electrons. The second kappa shape index (κ2) is 8.91. The molecule has 1 amide bonds. The van der Waals surface area contributed by atoms with Crippen LogP contribution >= 0.6 is 0 Å². The standard InChI is InChI=1S/C22H28N2O3/c1-4-16-7-5-8-17(13-16)23-22(25)15-24-12-6-9-20(24)19-14-18(26-2)10-11-21(19)27-3/h5,7-8,10-11,13-14,20H,4,6,9,12,15H2,1-3H3,(H,23,25). The SMILES string of the molecule is CCc1cccc(NC(=O)CN2CCCC2c2cc(OC)ccc2OC)c1. The lowest BCUT2D eigenvalue weighted by Crippen LogP contribution is -2.33. The second-order valence-corrected chi connectivity index (χ2v) is 6.84. The van der Waals surface area contributed by atoms with Gasteiger partial charge in [0.1, 0.15) is 11.5 Å². The average Bonchev–Trinajstić information content (AvgIpc) is 3.15. The molecule has 5 heteroatoms. The van der Waals surface area contributed by atoms with Crippen molar-refractivity contribution in [2.24, 2.45) is 0 Å². The number of rotatable bonds is 7. The zero-order valence-corrected chi connectivity index (χ0v) is 16.3. The Labute approximate surface area is 161 Å². The average molecular weight is 368 g/mol. The van der Waals surface area contributed by atoms with Crippen molar-refractivity contribution in [1.29, 1.82) is 0 Å². The minimum absolute atomic E-state index is 0.0111. The second-order valence-electron chi connectivity index (χ2n) is 6.84. The lowest BCUT2D eigenvalue weighted by atomic mass is 10.0. The highest BCUT2D eigenvalue weighted by atomic mass is 16.5. The molecule has 3 rings (SSSR count).